The Morgan fingerprint density at radius 2 is 2.04 bits per heavy atom. The molecular weight excluding hydrogens is 330 g/mol. The Morgan fingerprint density at radius 3 is 2.67 bits per heavy atom. The van der Waals surface area contributed by atoms with Gasteiger partial charge in [0.25, 0.3) is 6.02 Å². The lowest BCUT2D eigenvalue weighted by Crippen LogP contribution is -2.44. The first-order chi connectivity index (χ1) is 11.3. The van der Waals surface area contributed by atoms with Gasteiger partial charge in [-0.1, -0.05) is 12.1 Å². The van der Waals surface area contributed by atoms with E-state index in [0.717, 1.165) is 18.3 Å². The van der Waals surface area contributed by atoms with Crippen LogP contribution in [-0.4, -0.2) is 29.9 Å². The summed E-state index contributed by atoms with van der Waals surface area (Å²) in [5.41, 5.74) is 5.55. The molecule has 130 valence electrons. The van der Waals surface area contributed by atoms with Gasteiger partial charge in [0.05, 0.1) is 6.61 Å². The third-order valence-electron chi connectivity index (χ3n) is 3.10. The number of allylic oxidation sites excluding steroid dienone is 2. The van der Waals surface area contributed by atoms with E-state index in [9.17, 15) is 17.6 Å². The number of hydroxylamine groups is 2. The van der Waals surface area contributed by atoms with Gasteiger partial charge in [0.2, 0.25) is 0 Å². The average Bonchev–Trinajstić information content (AvgIpc) is 2.49. The van der Waals surface area contributed by atoms with Crippen molar-refractivity contribution in [2.75, 3.05) is 6.61 Å². The number of benzene rings is 1. The Morgan fingerprint density at radius 1 is 1.29 bits per heavy atom. The molecule has 1 atom stereocenters. The van der Waals surface area contributed by atoms with Gasteiger partial charge in [-0.05, 0) is 29.8 Å². The molecule has 1 aliphatic rings. The molecule has 0 saturated heterocycles. The zero-order valence-corrected chi connectivity index (χ0v) is 12.4. The maximum atomic E-state index is 14.0. The standard InChI is InChI=1S/C15H15F4N3O2/c16-11-9-10(6-8-23-14(20)21)4-5-12(11)24-22-7-2-1-3-13(22)15(17,18)19/h1-5,7,9,13H,6,8H2,(H3,20,21). The van der Waals surface area contributed by atoms with Crippen LogP contribution in [0.15, 0.2) is 42.6 Å². The summed E-state index contributed by atoms with van der Waals surface area (Å²) in [5.74, 6) is -1.14. The van der Waals surface area contributed by atoms with Gasteiger partial charge < -0.3 is 15.3 Å². The van der Waals surface area contributed by atoms with Gasteiger partial charge in [0.1, 0.15) is 0 Å². The predicted octanol–water partition coefficient (Wildman–Crippen LogP) is 2.89. The fourth-order valence-electron chi connectivity index (χ4n) is 1.99. The molecule has 0 aliphatic carbocycles. The normalized spacial score (nSPS) is 17.0. The molecule has 0 aromatic heterocycles. The molecule has 0 bridgehead atoms. The first kappa shape index (κ1) is 17.6. The van der Waals surface area contributed by atoms with Gasteiger partial charge in [-0.2, -0.15) is 13.2 Å². The van der Waals surface area contributed by atoms with E-state index in [1.807, 2.05) is 0 Å². The highest BCUT2D eigenvalue weighted by Crippen LogP contribution is 2.30. The highest BCUT2D eigenvalue weighted by atomic mass is 19.4. The van der Waals surface area contributed by atoms with Crippen LogP contribution in [0, 0.1) is 11.2 Å². The van der Waals surface area contributed by atoms with Crippen molar-refractivity contribution in [3.05, 3.63) is 54.0 Å². The summed E-state index contributed by atoms with van der Waals surface area (Å²) in [4.78, 5) is 5.04. The molecule has 3 N–H and O–H groups in total. The number of hydrogen-bond acceptors (Lipinski definition) is 4. The third-order valence-corrected chi connectivity index (χ3v) is 3.10. The van der Waals surface area contributed by atoms with Crippen molar-refractivity contribution < 1.29 is 27.1 Å². The number of hydrogen-bond donors (Lipinski definition) is 2. The highest BCUT2D eigenvalue weighted by molar-refractivity contribution is 5.67. The number of rotatable bonds is 5. The van der Waals surface area contributed by atoms with Crippen molar-refractivity contribution in [3.63, 3.8) is 0 Å². The molecule has 0 spiro atoms. The van der Waals surface area contributed by atoms with Gasteiger partial charge in [-0.3, -0.25) is 5.41 Å². The van der Waals surface area contributed by atoms with Gasteiger partial charge in [-0.25, -0.2) is 9.45 Å². The first-order valence-corrected chi connectivity index (χ1v) is 6.90. The van der Waals surface area contributed by atoms with Crippen LogP contribution in [0.1, 0.15) is 5.56 Å². The summed E-state index contributed by atoms with van der Waals surface area (Å²) in [6.45, 7) is 0.0881. The van der Waals surface area contributed by atoms with E-state index in [-0.39, 0.29) is 18.8 Å². The topological polar surface area (TPSA) is 71.6 Å². The molecule has 9 heteroatoms. The van der Waals surface area contributed by atoms with E-state index in [2.05, 4.69) is 0 Å². The summed E-state index contributed by atoms with van der Waals surface area (Å²) in [7, 11) is 0. The lowest BCUT2D eigenvalue weighted by molar-refractivity contribution is -0.208. The Kier molecular flexibility index (Phi) is 5.32. The number of nitrogens with two attached hydrogens (primary N) is 1. The fraction of sp³-hybridized carbons (Fsp3) is 0.267. The van der Waals surface area contributed by atoms with E-state index in [1.54, 1.807) is 0 Å². The van der Waals surface area contributed by atoms with Crippen LogP contribution in [-0.2, 0) is 11.2 Å². The molecule has 1 aromatic rings. The molecule has 0 fully saturated rings. The minimum atomic E-state index is -4.55. The Balaban J connectivity index is 2.05. The van der Waals surface area contributed by atoms with Gasteiger partial charge >= 0.3 is 6.18 Å². The largest absolute Gasteiger partial charge is 0.465 e. The van der Waals surface area contributed by atoms with Crippen LogP contribution >= 0.6 is 0 Å². The van der Waals surface area contributed by atoms with Gasteiger partial charge in [0, 0.05) is 12.6 Å². The highest BCUT2D eigenvalue weighted by Gasteiger charge is 2.43. The van der Waals surface area contributed by atoms with Crippen LogP contribution in [0.5, 0.6) is 5.75 Å². The van der Waals surface area contributed by atoms with Crippen molar-refractivity contribution in [1.29, 1.82) is 5.41 Å². The number of nitrogens with one attached hydrogen (secondary N) is 1. The maximum absolute atomic E-state index is 14.0. The Hall–Kier alpha value is -2.71. The quantitative estimate of drug-likeness (QED) is 0.489. The van der Waals surface area contributed by atoms with Crippen LogP contribution in [0.25, 0.3) is 0 Å². The second-order valence-corrected chi connectivity index (χ2v) is 4.89. The minimum absolute atomic E-state index is 0.0881. The fourth-order valence-corrected chi connectivity index (χ4v) is 1.99. The maximum Gasteiger partial charge on any atom is 0.415 e. The number of halogens is 4. The van der Waals surface area contributed by atoms with E-state index in [0.29, 0.717) is 10.6 Å². The minimum Gasteiger partial charge on any atom is -0.465 e. The van der Waals surface area contributed by atoms with Crippen molar-refractivity contribution >= 4 is 6.02 Å². The molecule has 24 heavy (non-hydrogen) atoms. The van der Waals surface area contributed by atoms with Crippen molar-refractivity contribution in [2.45, 2.75) is 18.6 Å². The zero-order valence-electron chi connectivity index (χ0n) is 12.4. The summed E-state index contributed by atoms with van der Waals surface area (Å²) >= 11 is 0. The number of nitrogens with zero attached hydrogens (tertiary/aromatic N) is 1. The van der Waals surface area contributed by atoms with Crippen LogP contribution in [0.2, 0.25) is 0 Å². The van der Waals surface area contributed by atoms with E-state index >= 15 is 0 Å². The van der Waals surface area contributed by atoms with E-state index in [4.69, 9.17) is 20.7 Å². The summed E-state index contributed by atoms with van der Waals surface area (Å²) < 4.78 is 57.5. The molecule has 2 rings (SSSR count). The Labute approximate surface area is 135 Å². The molecule has 1 aliphatic heterocycles. The first-order valence-electron chi connectivity index (χ1n) is 6.90. The van der Waals surface area contributed by atoms with Crippen molar-refractivity contribution in [2.24, 2.45) is 5.73 Å². The van der Waals surface area contributed by atoms with Crippen molar-refractivity contribution in [1.82, 2.24) is 5.06 Å². The third kappa shape index (κ3) is 4.64. The molecule has 1 heterocycles. The van der Waals surface area contributed by atoms with E-state index < -0.39 is 24.1 Å². The molecule has 1 unspecified atom stereocenters. The molecular formula is C15H15F4N3O2. The van der Waals surface area contributed by atoms with Gasteiger partial charge in [-0.15, -0.1) is 0 Å². The molecule has 0 amide bonds. The second-order valence-electron chi connectivity index (χ2n) is 4.89. The number of ether oxygens (including phenoxy) is 1. The molecule has 5 nitrogen and oxygen atoms in total. The van der Waals surface area contributed by atoms with Gasteiger partial charge in [0.15, 0.2) is 17.6 Å². The molecule has 0 saturated carbocycles. The molecule has 0 radical (unpaired) electrons. The molecule has 1 aromatic carbocycles. The average molecular weight is 345 g/mol. The number of alkyl halides is 3. The summed E-state index contributed by atoms with van der Waals surface area (Å²) in [5, 5.41) is 7.44. The van der Waals surface area contributed by atoms with Crippen LogP contribution in [0.4, 0.5) is 17.6 Å². The second kappa shape index (κ2) is 7.24. The Bertz CT molecular complexity index is 659. The summed E-state index contributed by atoms with van der Waals surface area (Å²) in [6.07, 6.45) is 0.313. The van der Waals surface area contributed by atoms with Crippen molar-refractivity contribution in [3.8, 4) is 5.75 Å². The van der Waals surface area contributed by atoms with E-state index in [1.165, 1.54) is 24.3 Å². The SMILES string of the molecule is N=C(N)OCCc1ccc(ON2C=CC=CC2C(F)(F)F)c(F)c1. The zero-order chi connectivity index (χ0) is 17.7. The monoisotopic (exact) mass is 345 g/mol. The van der Waals surface area contributed by atoms with Crippen LogP contribution < -0.4 is 10.6 Å². The summed E-state index contributed by atoms with van der Waals surface area (Å²) in [6, 6.07) is 1.42. The smallest absolute Gasteiger partial charge is 0.415 e. The lowest BCUT2D eigenvalue weighted by Gasteiger charge is -2.30. The lowest BCUT2D eigenvalue weighted by atomic mass is 10.1. The van der Waals surface area contributed by atoms with Crippen LogP contribution in [0.3, 0.4) is 0 Å². The predicted molar refractivity (Wildman–Crippen MR) is 78.6 cm³/mol. The number of amidine groups is 1.